The molecule has 2 bridgehead atoms. The van der Waals surface area contributed by atoms with Gasteiger partial charge in [0.05, 0.1) is 10.6 Å². The number of amides is 1. The number of carbonyl (C=O) groups excluding carboxylic acids is 1. The maximum Gasteiger partial charge on any atom is 0.253 e. The van der Waals surface area contributed by atoms with Crippen LogP contribution in [0.15, 0.2) is 12.3 Å². The van der Waals surface area contributed by atoms with Gasteiger partial charge >= 0.3 is 0 Å². The standard InChI is InChI=1S/C15H20ClN3O/c1-2-17-14-7-11(12(16)8-18-14)15(20)19-13-6-9-3-4-10(13)5-9/h7-10,13H,2-6H2,1H3,(H,17,18)(H,19,20). The molecule has 108 valence electrons. The molecule has 2 saturated carbocycles. The molecule has 0 spiro atoms. The Kier molecular flexibility index (Phi) is 3.83. The van der Waals surface area contributed by atoms with Gasteiger partial charge in [-0.3, -0.25) is 4.79 Å². The Morgan fingerprint density at radius 1 is 1.45 bits per heavy atom. The fourth-order valence-corrected chi connectivity index (χ4v) is 3.75. The minimum absolute atomic E-state index is 0.0749. The molecule has 1 heterocycles. The minimum Gasteiger partial charge on any atom is -0.370 e. The van der Waals surface area contributed by atoms with Crippen molar-refractivity contribution in [1.29, 1.82) is 0 Å². The summed E-state index contributed by atoms with van der Waals surface area (Å²) in [5, 5.41) is 6.67. The van der Waals surface area contributed by atoms with Crippen molar-refractivity contribution in [3.05, 3.63) is 22.8 Å². The third-order valence-electron chi connectivity index (χ3n) is 4.51. The fourth-order valence-electron chi connectivity index (χ4n) is 3.56. The van der Waals surface area contributed by atoms with Crippen LogP contribution in [0.25, 0.3) is 0 Å². The zero-order chi connectivity index (χ0) is 14.1. The molecule has 20 heavy (non-hydrogen) atoms. The van der Waals surface area contributed by atoms with E-state index in [9.17, 15) is 4.79 Å². The molecule has 4 nitrogen and oxygen atoms in total. The Balaban J connectivity index is 1.71. The van der Waals surface area contributed by atoms with E-state index in [0.29, 0.717) is 28.4 Å². The van der Waals surface area contributed by atoms with Gasteiger partial charge in [-0.15, -0.1) is 0 Å². The summed E-state index contributed by atoms with van der Waals surface area (Å²) in [6.45, 7) is 2.76. The van der Waals surface area contributed by atoms with Gasteiger partial charge in [-0.25, -0.2) is 4.98 Å². The number of nitrogens with zero attached hydrogens (tertiary/aromatic N) is 1. The summed E-state index contributed by atoms with van der Waals surface area (Å²) < 4.78 is 0. The van der Waals surface area contributed by atoms with Crippen LogP contribution >= 0.6 is 11.6 Å². The highest BCUT2D eigenvalue weighted by molar-refractivity contribution is 6.33. The molecule has 3 atom stereocenters. The number of pyridine rings is 1. The average molecular weight is 294 g/mol. The average Bonchev–Trinajstić information content (AvgIpc) is 3.03. The van der Waals surface area contributed by atoms with Crippen LogP contribution in [0.3, 0.4) is 0 Å². The van der Waals surface area contributed by atoms with Gasteiger partial charge in [-0.2, -0.15) is 0 Å². The van der Waals surface area contributed by atoms with Crippen LogP contribution in [0, 0.1) is 11.8 Å². The van der Waals surface area contributed by atoms with Crippen molar-refractivity contribution in [2.45, 2.75) is 38.6 Å². The Hall–Kier alpha value is -1.29. The van der Waals surface area contributed by atoms with Crippen molar-refractivity contribution >= 4 is 23.3 Å². The van der Waals surface area contributed by atoms with Crippen molar-refractivity contribution < 1.29 is 4.79 Å². The number of rotatable bonds is 4. The lowest BCUT2D eigenvalue weighted by molar-refractivity contribution is 0.0923. The molecule has 1 aromatic rings. The van der Waals surface area contributed by atoms with Crippen LogP contribution in [-0.4, -0.2) is 23.5 Å². The van der Waals surface area contributed by atoms with E-state index in [1.54, 1.807) is 6.07 Å². The van der Waals surface area contributed by atoms with Crippen LogP contribution in [0.1, 0.15) is 43.0 Å². The molecule has 2 N–H and O–H groups in total. The first-order valence-corrected chi connectivity index (χ1v) is 7.75. The molecule has 2 aliphatic carbocycles. The molecule has 0 radical (unpaired) electrons. The fraction of sp³-hybridized carbons (Fsp3) is 0.600. The quantitative estimate of drug-likeness (QED) is 0.897. The minimum atomic E-state index is -0.0749. The predicted octanol–water partition coefficient (Wildman–Crippen LogP) is 3.09. The Labute approximate surface area is 124 Å². The smallest absolute Gasteiger partial charge is 0.253 e. The third kappa shape index (κ3) is 2.62. The number of nitrogens with one attached hydrogen (secondary N) is 2. The number of fused-ring (bicyclic) bond motifs is 2. The Morgan fingerprint density at radius 3 is 2.95 bits per heavy atom. The normalized spacial score (nSPS) is 27.6. The number of halogens is 1. The summed E-state index contributed by atoms with van der Waals surface area (Å²) >= 11 is 6.10. The zero-order valence-corrected chi connectivity index (χ0v) is 12.4. The van der Waals surface area contributed by atoms with E-state index in [-0.39, 0.29) is 5.91 Å². The predicted molar refractivity (Wildman–Crippen MR) is 80.1 cm³/mol. The number of anilines is 1. The van der Waals surface area contributed by atoms with E-state index >= 15 is 0 Å². The summed E-state index contributed by atoms with van der Waals surface area (Å²) in [6.07, 6.45) is 6.52. The van der Waals surface area contributed by atoms with E-state index in [2.05, 4.69) is 15.6 Å². The van der Waals surface area contributed by atoms with Crippen molar-refractivity contribution in [3.8, 4) is 0 Å². The van der Waals surface area contributed by atoms with Gasteiger partial charge in [0.25, 0.3) is 5.91 Å². The molecule has 1 amide bonds. The molecule has 0 aromatic carbocycles. The van der Waals surface area contributed by atoms with Gasteiger partial charge in [0.15, 0.2) is 0 Å². The summed E-state index contributed by atoms with van der Waals surface area (Å²) in [5.74, 6) is 2.09. The maximum absolute atomic E-state index is 12.4. The molecule has 2 fully saturated rings. The Morgan fingerprint density at radius 2 is 2.30 bits per heavy atom. The molecule has 3 unspecified atom stereocenters. The lowest BCUT2D eigenvalue weighted by atomic mass is 9.95. The zero-order valence-electron chi connectivity index (χ0n) is 11.7. The highest BCUT2D eigenvalue weighted by Gasteiger charge is 2.40. The number of carbonyl (C=O) groups is 1. The van der Waals surface area contributed by atoms with Crippen LogP contribution in [0.4, 0.5) is 5.82 Å². The number of aromatic nitrogens is 1. The molecular formula is C15H20ClN3O. The topological polar surface area (TPSA) is 54.0 Å². The lowest BCUT2D eigenvalue weighted by Gasteiger charge is -2.23. The second-order valence-corrected chi connectivity index (χ2v) is 6.24. The van der Waals surface area contributed by atoms with Crippen LogP contribution in [0.5, 0.6) is 0 Å². The maximum atomic E-state index is 12.4. The van der Waals surface area contributed by atoms with Crippen LogP contribution < -0.4 is 10.6 Å². The first-order chi connectivity index (χ1) is 9.67. The van der Waals surface area contributed by atoms with Gasteiger partial charge in [-0.05, 0) is 44.1 Å². The van der Waals surface area contributed by atoms with Gasteiger partial charge in [0.2, 0.25) is 0 Å². The van der Waals surface area contributed by atoms with Crippen LogP contribution in [0.2, 0.25) is 5.02 Å². The Bertz CT molecular complexity index is 520. The number of hydrogen-bond donors (Lipinski definition) is 2. The molecule has 5 heteroatoms. The van der Waals surface area contributed by atoms with E-state index < -0.39 is 0 Å². The van der Waals surface area contributed by atoms with E-state index in [4.69, 9.17) is 11.6 Å². The molecule has 1 aromatic heterocycles. The van der Waals surface area contributed by atoms with Gasteiger partial charge in [-0.1, -0.05) is 18.0 Å². The molecule has 0 saturated heterocycles. The summed E-state index contributed by atoms with van der Waals surface area (Å²) in [5.41, 5.74) is 0.514. The monoisotopic (exact) mass is 293 g/mol. The van der Waals surface area contributed by atoms with Gasteiger partial charge in [0, 0.05) is 18.8 Å². The van der Waals surface area contributed by atoms with Gasteiger partial charge < -0.3 is 10.6 Å². The second-order valence-electron chi connectivity index (χ2n) is 5.83. The van der Waals surface area contributed by atoms with E-state index in [1.165, 1.54) is 25.5 Å². The summed E-state index contributed by atoms with van der Waals surface area (Å²) in [4.78, 5) is 16.6. The van der Waals surface area contributed by atoms with Crippen molar-refractivity contribution in [2.75, 3.05) is 11.9 Å². The summed E-state index contributed by atoms with van der Waals surface area (Å²) in [6, 6.07) is 2.06. The molecule has 2 aliphatic rings. The van der Waals surface area contributed by atoms with E-state index in [1.807, 2.05) is 6.92 Å². The second kappa shape index (κ2) is 5.60. The lowest BCUT2D eigenvalue weighted by Crippen LogP contribution is -2.38. The summed E-state index contributed by atoms with van der Waals surface area (Å²) in [7, 11) is 0. The van der Waals surface area contributed by atoms with Gasteiger partial charge in [0.1, 0.15) is 5.82 Å². The first-order valence-electron chi connectivity index (χ1n) is 7.37. The van der Waals surface area contributed by atoms with E-state index in [0.717, 1.165) is 18.9 Å². The van der Waals surface area contributed by atoms with Crippen molar-refractivity contribution in [3.63, 3.8) is 0 Å². The molecular weight excluding hydrogens is 274 g/mol. The molecule has 0 aliphatic heterocycles. The SMILES string of the molecule is CCNc1cc(C(=O)NC2CC3CCC2C3)c(Cl)cn1. The van der Waals surface area contributed by atoms with Crippen molar-refractivity contribution in [1.82, 2.24) is 10.3 Å². The third-order valence-corrected chi connectivity index (χ3v) is 4.81. The van der Waals surface area contributed by atoms with Crippen LogP contribution in [-0.2, 0) is 0 Å². The van der Waals surface area contributed by atoms with Crippen molar-refractivity contribution in [2.24, 2.45) is 11.8 Å². The largest absolute Gasteiger partial charge is 0.370 e. The highest BCUT2D eigenvalue weighted by Crippen LogP contribution is 2.44. The molecule has 3 rings (SSSR count). The highest BCUT2D eigenvalue weighted by atomic mass is 35.5. The number of hydrogen-bond acceptors (Lipinski definition) is 3. The first kappa shape index (κ1) is 13.7.